The van der Waals surface area contributed by atoms with Gasteiger partial charge >= 0.3 is 0 Å². The van der Waals surface area contributed by atoms with Crippen molar-refractivity contribution in [2.75, 3.05) is 0 Å². The summed E-state index contributed by atoms with van der Waals surface area (Å²) in [4.78, 5) is 11.1. The van der Waals surface area contributed by atoms with Crippen molar-refractivity contribution in [1.29, 1.82) is 0 Å². The Bertz CT molecular complexity index is 738. The molecule has 2 heterocycles. The van der Waals surface area contributed by atoms with E-state index in [0.29, 0.717) is 17.8 Å². The highest BCUT2D eigenvalue weighted by molar-refractivity contribution is 5.59. The Hall–Kier alpha value is -2.87. The number of rotatable bonds is 4. The number of phenols is 2. The summed E-state index contributed by atoms with van der Waals surface area (Å²) in [7, 11) is 0. The number of aromatic hydroxyl groups is 2. The lowest BCUT2D eigenvalue weighted by Gasteiger charge is -2.03. The number of hydrogen-bond donors (Lipinski definition) is 4. The predicted molar refractivity (Wildman–Crippen MR) is 72.3 cm³/mol. The van der Waals surface area contributed by atoms with E-state index in [-0.39, 0.29) is 17.4 Å². The zero-order valence-electron chi connectivity index (χ0n) is 10.9. The molecule has 0 fully saturated rings. The second kappa shape index (κ2) is 5.25. The molecular formula is C13H13N5O3. The van der Waals surface area contributed by atoms with Crippen LogP contribution in [0.15, 0.2) is 35.2 Å². The third-order valence-corrected chi connectivity index (χ3v) is 2.99. The number of aromatic amines is 1. The van der Waals surface area contributed by atoms with Gasteiger partial charge in [0.05, 0.1) is 12.4 Å². The van der Waals surface area contributed by atoms with Gasteiger partial charge in [-0.25, -0.2) is 4.98 Å². The van der Waals surface area contributed by atoms with E-state index in [1.54, 1.807) is 18.6 Å². The molecule has 8 nitrogen and oxygen atoms in total. The van der Waals surface area contributed by atoms with Crippen LogP contribution in [0.3, 0.4) is 0 Å². The van der Waals surface area contributed by atoms with E-state index < -0.39 is 6.04 Å². The van der Waals surface area contributed by atoms with Gasteiger partial charge in [-0.1, -0.05) is 5.16 Å². The lowest BCUT2D eigenvalue weighted by Crippen LogP contribution is -2.13. The van der Waals surface area contributed by atoms with Crippen molar-refractivity contribution in [2.45, 2.75) is 12.5 Å². The third kappa shape index (κ3) is 2.70. The standard InChI is InChI=1S/C13H13N5O3/c14-9(4-8-5-15-6-16-8)13-17-12(18-21-13)7-1-2-10(19)11(20)3-7/h1-3,5-6,9,19-20H,4,14H2,(H,15,16)/t9-/m1/s1. The number of imidazole rings is 1. The van der Waals surface area contributed by atoms with E-state index in [9.17, 15) is 10.2 Å². The van der Waals surface area contributed by atoms with E-state index in [0.717, 1.165) is 5.69 Å². The summed E-state index contributed by atoms with van der Waals surface area (Å²) in [5.74, 6) is 0.117. The van der Waals surface area contributed by atoms with Crippen molar-refractivity contribution < 1.29 is 14.7 Å². The SMILES string of the molecule is N[C@H](Cc1cnc[nH]1)c1nc(-c2ccc(O)c(O)c2)no1. The largest absolute Gasteiger partial charge is 0.504 e. The van der Waals surface area contributed by atoms with E-state index in [4.69, 9.17) is 10.3 Å². The van der Waals surface area contributed by atoms with Crippen LogP contribution in [0.5, 0.6) is 11.5 Å². The van der Waals surface area contributed by atoms with Crippen LogP contribution in [0.25, 0.3) is 11.4 Å². The first kappa shape index (κ1) is 13.1. The Labute approximate surface area is 119 Å². The normalized spacial score (nSPS) is 12.4. The maximum absolute atomic E-state index is 9.48. The number of nitrogens with one attached hydrogen (secondary N) is 1. The molecule has 0 saturated heterocycles. The molecule has 1 aromatic carbocycles. The van der Waals surface area contributed by atoms with Crippen LogP contribution in [-0.4, -0.2) is 30.3 Å². The average molecular weight is 287 g/mol. The first-order valence-electron chi connectivity index (χ1n) is 6.22. The molecule has 5 N–H and O–H groups in total. The quantitative estimate of drug-likeness (QED) is 0.528. The molecule has 0 aliphatic carbocycles. The van der Waals surface area contributed by atoms with Crippen molar-refractivity contribution >= 4 is 0 Å². The molecule has 21 heavy (non-hydrogen) atoms. The van der Waals surface area contributed by atoms with Crippen molar-refractivity contribution in [1.82, 2.24) is 20.1 Å². The van der Waals surface area contributed by atoms with E-state index in [1.165, 1.54) is 12.1 Å². The number of benzene rings is 1. The summed E-state index contributed by atoms with van der Waals surface area (Å²) in [6, 6.07) is 3.82. The van der Waals surface area contributed by atoms with Gasteiger partial charge in [0.25, 0.3) is 0 Å². The second-order valence-electron chi connectivity index (χ2n) is 4.55. The van der Waals surface area contributed by atoms with Gasteiger partial charge < -0.3 is 25.5 Å². The van der Waals surface area contributed by atoms with E-state index in [1.807, 2.05) is 0 Å². The molecule has 0 spiro atoms. The Kier molecular flexibility index (Phi) is 3.28. The summed E-state index contributed by atoms with van der Waals surface area (Å²) in [5.41, 5.74) is 7.39. The molecule has 0 aliphatic heterocycles. The van der Waals surface area contributed by atoms with Gasteiger partial charge in [-0.2, -0.15) is 4.98 Å². The lowest BCUT2D eigenvalue weighted by atomic mass is 10.1. The molecule has 0 unspecified atom stereocenters. The van der Waals surface area contributed by atoms with Crippen LogP contribution in [-0.2, 0) is 6.42 Å². The zero-order valence-corrected chi connectivity index (χ0v) is 10.9. The number of H-pyrrole nitrogens is 1. The average Bonchev–Trinajstić information content (AvgIpc) is 3.12. The van der Waals surface area contributed by atoms with Crippen LogP contribution in [0, 0.1) is 0 Å². The summed E-state index contributed by atoms with van der Waals surface area (Å²) >= 11 is 0. The third-order valence-electron chi connectivity index (χ3n) is 2.99. The predicted octanol–water partition coefficient (Wildman–Crippen LogP) is 1.11. The fourth-order valence-electron chi connectivity index (χ4n) is 1.89. The highest BCUT2D eigenvalue weighted by Gasteiger charge is 2.17. The van der Waals surface area contributed by atoms with Crippen molar-refractivity contribution in [2.24, 2.45) is 5.73 Å². The van der Waals surface area contributed by atoms with Crippen LogP contribution in [0.4, 0.5) is 0 Å². The summed E-state index contributed by atoms with van der Waals surface area (Å²) in [5, 5.41) is 22.6. The van der Waals surface area contributed by atoms with Gasteiger partial charge in [0.15, 0.2) is 11.5 Å². The van der Waals surface area contributed by atoms with Gasteiger partial charge in [-0.05, 0) is 18.2 Å². The summed E-state index contributed by atoms with van der Waals surface area (Å²) in [6.07, 6.45) is 3.73. The molecule has 1 atom stereocenters. The minimum Gasteiger partial charge on any atom is -0.504 e. The summed E-state index contributed by atoms with van der Waals surface area (Å²) < 4.78 is 5.14. The Morgan fingerprint density at radius 2 is 2.14 bits per heavy atom. The highest BCUT2D eigenvalue weighted by atomic mass is 16.5. The van der Waals surface area contributed by atoms with Crippen molar-refractivity contribution in [3.05, 3.63) is 42.3 Å². The molecule has 8 heteroatoms. The Morgan fingerprint density at radius 1 is 1.29 bits per heavy atom. The number of phenolic OH excluding ortho intramolecular Hbond substituents is 2. The first-order valence-corrected chi connectivity index (χ1v) is 6.22. The smallest absolute Gasteiger partial charge is 0.244 e. The van der Waals surface area contributed by atoms with Gasteiger partial charge in [0.1, 0.15) is 0 Å². The summed E-state index contributed by atoms with van der Waals surface area (Å²) in [6.45, 7) is 0. The molecule has 0 radical (unpaired) electrons. The molecule has 108 valence electrons. The highest BCUT2D eigenvalue weighted by Crippen LogP contribution is 2.29. The molecule has 3 rings (SSSR count). The molecular weight excluding hydrogens is 274 g/mol. The zero-order chi connectivity index (χ0) is 14.8. The number of hydrogen-bond acceptors (Lipinski definition) is 7. The van der Waals surface area contributed by atoms with Gasteiger partial charge in [-0.3, -0.25) is 0 Å². The van der Waals surface area contributed by atoms with Gasteiger partial charge in [0, 0.05) is 23.9 Å². The molecule has 0 saturated carbocycles. The number of nitrogens with zero attached hydrogens (tertiary/aromatic N) is 3. The molecule has 2 aromatic heterocycles. The topological polar surface area (TPSA) is 134 Å². The van der Waals surface area contributed by atoms with E-state index >= 15 is 0 Å². The van der Waals surface area contributed by atoms with Gasteiger partial charge in [-0.15, -0.1) is 0 Å². The fraction of sp³-hybridized carbons (Fsp3) is 0.154. The van der Waals surface area contributed by atoms with Crippen molar-refractivity contribution in [3.63, 3.8) is 0 Å². The molecule has 0 bridgehead atoms. The van der Waals surface area contributed by atoms with Crippen molar-refractivity contribution in [3.8, 4) is 22.9 Å². The monoisotopic (exact) mass is 287 g/mol. The lowest BCUT2D eigenvalue weighted by molar-refractivity contribution is 0.354. The second-order valence-corrected chi connectivity index (χ2v) is 4.55. The van der Waals surface area contributed by atoms with E-state index in [2.05, 4.69) is 20.1 Å². The molecule has 0 amide bonds. The minimum absolute atomic E-state index is 0.210. The van der Waals surface area contributed by atoms with Crippen LogP contribution < -0.4 is 5.73 Å². The minimum atomic E-state index is -0.461. The van der Waals surface area contributed by atoms with Crippen LogP contribution in [0.2, 0.25) is 0 Å². The maximum atomic E-state index is 9.48. The number of nitrogens with two attached hydrogens (primary N) is 1. The number of aromatic nitrogens is 4. The van der Waals surface area contributed by atoms with Crippen LogP contribution in [0.1, 0.15) is 17.6 Å². The van der Waals surface area contributed by atoms with Crippen LogP contribution >= 0.6 is 0 Å². The Morgan fingerprint density at radius 3 is 2.86 bits per heavy atom. The molecule has 0 aliphatic rings. The maximum Gasteiger partial charge on any atom is 0.244 e. The molecule has 3 aromatic rings. The Balaban J connectivity index is 1.80. The van der Waals surface area contributed by atoms with Gasteiger partial charge in [0.2, 0.25) is 11.7 Å². The fourth-order valence-corrected chi connectivity index (χ4v) is 1.89. The first-order chi connectivity index (χ1) is 10.1.